The second-order valence-electron chi connectivity index (χ2n) is 5.69. The monoisotopic (exact) mass is 301 g/mol. The molecule has 2 rings (SSSR count). The van der Waals surface area contributed by atoms with Crippen LogP contribution in [0.4, 0.5) is 0 Å². The number of rotatable bonds is 5. The Labute approximate surface area is 130 Å². The number of para-hydroxylation sites is 1. The third-order valence-electron chi connectivity index (χ3n) is 4.11. The fourth-order valence-electron chi connectivity index (χ4n) is 2.80. The molecule has 5 heteroatoms. The highest BCUT2D eigenvalue weighted by molar-refractivity contribution is 6.00. The summed E-state index contributed by atoms with van der Waals surface area (Å²) in [5.74, 6) is -0.111. The van der Waals surface area contributed by atoms with E-state index in [-0.39, 0.29) is 22.9 Å². The van der Waals surface area contributed by atoms with Gasteiger partial charge < -0.3 is 0 Å². The van der Waals surface area contributed by atoms with Crippen LogP contribution in [0.5, 0.6) is 0 Å². The highest BCUT2D eigenvalue weighted by atomic mass is 16.2. The standard InChI is InChI=1S/C17H23N3O2/c1-6-14(18(3)4)16(21)15-12(2)19(5)20(17(15)22)13-10-8-7-9-11-13/h7-11,14H,6H2,1-5H3. The van der Waals surface area contributed by atoms with E-state index in [0.29, 0.717) is 12.1 Å². The molecule has 1 unspecified atom stereocenters. The first-order valence-electron chi connectivity index (χ1n) is 7.44. The number of nitrogens with zero attached hydrogens (tertiary/aromatic N) is 3. The van der Waals surface area contributed by atoms with Crippen LogP contribution >= 0.6 is 0 Å². The molecular weight excluding hydrogens is 278 g/mol. The molecular formula is C17H23N3O2. The molecule has 0 aliphatic carbocycles. The Morgan fingerprint density at radius 1 is 1.23 bits per heavy atom. The Hall–Kier alpha value is -2.14. The van der Waals surface area contributed by atoms with E-state index in [2.05, 4.69) is 0 Å². The number of ketones is 1. The molecule has 0 N–H and O–H groups in total. The van der Waals surface area contributed by atoms with Gasteiger partial charge in [0.25, 0.3) is 5.56 Å². The highest BCUT2D eigenvalue weighted by Crippen LogP contribution is 2.14. The molecule has 1 atom stereocenters. The van der Waals surface area contributed by atoms with Gasteiger partial charge in [-0.3, -0.25) is 19.2 Å². The molecule has 0 radical (unpaired) electrons. The van der Waals surface area contributed by atoms with Gasteiger partial charge in [-0.05, 0) is 39.6 Å². The number of benzene rings is 1. The van der Waals surface area contributed by atoms with Gasteiger partial charge in [0, 0.05) is 12.7 Å². The molecule has 1 heterocycles. The van der Waals surface area contributed by atoms with Gasteiger partial charge in [-0.25, -0.2) is 4.68 Å². The van der Waals surface area contributed by atoms with E-state index in [9.17, 15) is 9.59 Å². The summed E-state index contributed by atoms with van der Waals surface area (Å²) in [5, 5.41) is 0. The summed E-state index contributed by atoms with van der Waals surface area (Å²) < 4.78 is 3.29. The summed E-state index contributed by atoms with van der Waals surface area (Å²) in [5.41, 5.74) is 1.48. The molecule has 1 aromatic carbocycles. The van der Waals surface area contributed by atoms with Crippen LogP contribution in [0, 0.1) is 6.92 Å². The topological polar surface area (TPSA) is 47.2 Å². The van der Waals surface area contributed by atoms with Crippen molar-refractivity contribution in [3.05, 3.63) is 51.9 Å². The first-order valence-corrected chi connectivity index (χ1v) is 7.44. The van der Waals surface area contributed by atoms with Crippen LogP contribution in [0.3, 0.4) is 0 Å². The smallest absolute Gasteiger partial charge is 0.282 e. The van der Waals surface area contributed by atoms with Crippen molar-refractivity contribution >= 4 is 5.78 Å². The number of Topliss-reactive ketones (excluding diaryl/α,β-unsaturated/α-hetero) is 1. The van der Waals surface area contributed by atoms with Crippen LogP contribution in [0.1, 0.15) is 29.4 Å². The first-order chi connectivity index (χ1) is 10.4. The highest BCUT2D eigenvalue weighted by Gasteiger charge is 2.28. The molecule has 0 saturated heterocycles. The fraction of sp³-hybridized carbons (Fsp3) is 0.412. The molecule has 2 aromatic rings. The second-order valence-corrected chi connectivity index (χ2v) is 5.69. The van der Waals surface area contributed by atoms with Crippen LogP contribution < -0.4 is 5.56 Å². The lowest BCUT2D eigenvalue weighted by Gasteiger charge is -2.20. The van der Waals surface area contributed by atoms with Crippen LogP contribution in [0.15, 0.2) is 35.1 Å². The van der Waals surface area contributed by atoms with Gasteiger partial charge in [-0.15, -0.1) is 0 Å². The van der Waals surface area contributed by atoms with Crippen molar-refractivity contribution < 1.29 is 4.79 Å². The molecule has 22 heavy (non-hydrogen) atoms. The molecule has 5 nitrogen and oxygen atoms in total. The van der Waals surface area contributed by atoms with Crippen LogP contribution in [-0.2, 0) is 7.05 Å². The molecule has 118 valence electrons. The van der Waals surface area contributed by atoms with Crippen LogP contribution in [-0.4, -0.2) is 40.2 Å². The predicted octanol–water partition coefficient (Wildman–Crippen LogP) is 2.01. The zero-order valence-corrected chi connectivity index (χ0v) is 13.8. The largest absolute Gasteiger partial charge is 0.299 e. The lowest BCUT2D eigenvalue weighted by Crippen LogP contribution is -2.37. The third kappa shape index (κ3) is 2.64. The third-order valence-corrected chi connectivity index (χ3v) is 4.11. The van der Waals surface area contributed by atoms with Crippen molar-refractivity contribution in [3.8, 4) is 5.69 Å². The van der Waals surface area contributed by atoms with Gasteiger partial charge in [0.15, 0.2) is 5.78 Å². The van der Waals surface area contributed by atoms with E-state index in [0.717, 1.165) is 5.69 Å². The molecule has 0 amide bonds. The summed E-state index contributed by atoms with van der Waals surface area (Å²) >= 11 is 0. The zero-order valence-electron chi connectivity index (χ0n) is 13.8. The predicted molar refractivity (Wildman–Crippen MR) is 87.8 cm³/mol. The van der Waals surface area contributed by atoms with E-state index in [1.165, 1.54) is 0 Å². The van der Waals surface area contributed by atoms with E-state index >= 15 is 0 Å². The van der Waals surface area contributed by atoms with Gasteiger partial charge in [0.05, 0.1) is 11.7 Å². The van der Waals surface area contributed by atoms with Crippen molar-refractivity contribution in [1.29, 1.82) is 0 Å². The summed E-state index contributed by atoms with van der Waals surface area (Å²) in [6.45, 7) is 3.77. The van der Waals surface area contributed by atoms with Crippen molar-refractivity contribution in [3.63, 3.8) is 0 Å². The minimum atomic E-state index is -0.280. The minimum Gasteiger partial charge on any atom is -0.299 e. The van der Waals surface area contributed by atoms with E-state index < -0.39 is 0 Å². The molecule has 1 aromatic heterocycles. The van der Waals surface area contributed by atoms with Crippen molar-refractivity contribution in [2.24, 2.45) is 7.05 Å². The summed E-state index contributed by atoms with van der Waals surface area (Å²) in [6, 6.07) is 9.09. The number of carbonyl (C=O) groups excluding carboxylic acids is 1. The van der Waals surface area contributed by atoms with Gasteiger partial charge in [-0.2, -0.15) is 0 Å². The van der Waals surface area contributed by atoms with Gasteiger partial charge >= 0.3 is 0 Å². The quantitative estimate of drug-likeness (QED) is 0.794. The first kappa shape index (κ1) is 16.2. The number of carbonyl (C=O) groups is 1. The minimum absolute atomic E-state index is 0.111. The van der Waals surface area contributed by atoms with Gasteiger partial charge in [-0.1, -0.05) is 25.1 Å². The Bertz CT molecular complexity index is 726. The van der Waals surface area contributed by atoms with Gasteiger partial charge in [0.1, 0.15) is 5.56 Å². The Morgan fingerprint density at radius 2 is 1.82 bits per heavy atom. The summed E-state index contributed by atoms with van der Waals surface area (Å²) in [4.78, 5) is 27.4. The molecule has 0 aliphatic heterocycles. The maximum Gasteiger partial charge on any atom is 0.282 e. The fourth-order valence-corrected chi connectivity index (χ4v) is 2.80. The molecule has 0 fully saturated rings. The maximum atomic E-state index is 12.8. The number of likely N-dealkylation sites (N-methyl/N-ethyl adjacent to an activating group) is 1. The van der Waals surface area contributed by atoms with Crippen LogP contribution in [0.2, 0.25) is 0 Å². The second kappa shape index (κ2) is 6.32. The lowest BCUT2D eigenvalue weighted by molar-refractivity contribution is 0.0869. The molecule has 0 saturated carbocycles. The number of hydrogen-bond donors (Lipinski definition) is 0. The molecule has 0 aliphatic rings. The van der Waals surface area contributed by atoms with Crippen LogP contribution in [0.25, 0.3) is 5.69 Å². The van der Waals surface area contributed by atoms with E-state index in [4.69, 9.17) is 0 Å². The van der Waals surface area contributed by atoms with Crippen molar-refractivity contribution in [2.45, 2.75) is 26.3 Å². The summed E-state index contributed by atoms with van der Waals surface area (Å²) in [7, 11) is 5.53. The van der Waals surface area contributed by atoms with E-state index in [1.54, 1.807) is 16.4 Å². The number of aromatic nitrogens is 2. The SMILES string of the molecule is CCC(C(=O)c1c(C)n(C)n(-c2ccccc2)c1=O)N(C)C. The molecule has 0 spiro atoms. The van der Waals surface area contributed by atoms with Crippen molar-refractivity contribution in [2.75, 3.05) is 14.1 Å². The summed E-state index contributed by atoms with van der Waals surface area (Å²) in [6.07, 6.45) is 0.672. The maximum absolute atomic E-state index is 12.8. The average molecular weight is 301 g/mol. The average Bonchev–Trinajstić information content (AvgIpc) is 2.70. The van der Waals surface area contributed by atoms with Crippen molar-refractivity contribution in [1.82, 2.24) is 14.3 Å². The van der Waals surface area contributed by atoms with Gasteiger partial charge in [0.2, 0.25) is 0 Å². The lowest BCUT2D eigenvalue weighted by atomic mass is 10.0. The zero-order chi connectivity index (χ0) is 16.4. The Balaban J connectivity index is 2.61. The van der Waals surface area contributed by atoms with E-state index in [1.807, 2.05) is 63.2 Å². The number of hydrogen-bond acceptors (Lipinski definition) is 3. The Kier molecular flexibility index (Phi) is 4.66. The molecule has 0 bridgehead atoms. The normalized spacial score (nSPS) is 12.6. The Morgan fingerprint density at radius 3 is 2.32 bits per heavy atom.